The highest BCUT2D eigenvalue weighted by Gasteiger charge is 2.30. The second-order valence-corrected chi connectivity index (χ2v) is 9.25. The lowest BCUT2D eigenvalue weighted by Crippen LogP contribution is -2.40. The fourth-order valence-corrected chi connectivity index (χ4v) is 5.03. The van der Waals surface area contributed by atoms with Crippen LogP contribution in [0.2, 0.25) is 0 Å². The molecule has 7 nitrogen and oxygen atoms in total. The zero-order chi connectivity index (χ0) is 18.9. The van der Waals surface area contributed by atoms with Gasteiger partial charge in [-0.1, -0.05) is 18.2 Å². The molecule has 0 atom stereocenters. The fraction of sp³-hybridized carbons (Fsp3) is 0.412. The van der Waals surface area contributed by atoms with E-state index in [4.69, 9.17) is 4.74 Å². The van der Waals surface area contributed by atoms with E-state index in [0.29, 0.717) is 36.5 Å². The Labute approximate surface area is 156 Å². The number of fused-ring (bicyclic) bond motifs is 1. The van der Waals surface area contributed by atoms with Crippen molar-refractivity contribution in [2.24, 2.45) is 5.92 Å². The molecule has 9 heteroatoms. The molecule has 0 spiro atoms. The number of hydrogen-bond donors (Lipinski definition) is 1. The summed E-state index contributed by atoms with van der Waals surface area (Å²) in [7, 11) is -1.93. The molecule has 1 aromatic heterocycles. The van der Waals surface area contributed by atoms with Crippen LogP contribution >= 0.6 is 11.3 Å². The Bertz CT molecular complexity index is 943. The van der Waals surface area contributed by atoms with Crippen molar-refractivity contribution in [3.05, 3.63) is 29.1 Å². The van der Waals surface area contributed by atoms with Gasteiger partial charge in [-0.15, -0.1) is 11.3 Å². The van der Waals surface area contributed by atoms with Gasteiger partial charge in [0, 0.05) is 29.1 Å². The summed E-state index contributed by atoms with van der Waals surface area (Å²) in [4.78, 5) is 25.1. The minimum atomic E-state index is -3.23. The Morgan fingerprint density at radius 3 is 2.50 bits per heavy atom. The summed E-state index contributed by atoms with van der Waals surface area (Å²) in [5.74, 6) is -0.989. The number of esters is 1. The SMILES string of the molecule is COC(=O)c1sc2ccccc2c1NC(=O)C1CCN(S(C)(=O)=O)CC1. The lowest BCUT2D eigenvalue weighted by molar-refractivity contribution is -0.120. The standard InChI is InChI=1S/C17H20N2O5S2/c1-24-17(21)15-14(12-5-3-4-6-13(12)25-15)18-16(20)11-7-9-19(10-8-11)26(2,22)23/h3-6,11H,7-10H2,1-2H3,(H,18,20). The molecular formula is C17H20N2O5S2. The van der Waals surface area contributed by atoms with Crippen LogP contribution in [0.4, 0.5) is 5.69 Å². The highest BCUT2D eigenvalue weighted by molar-refractivity contribution is 7.88. The Hall–Kier alpha value is -1.97. The molecule has 0 unspecified atom stereocenters. The second-order valence-electron chi connectivity index (χ2n) is 6.22. The number of nitrogens with zero attached hydrogens (tertiary/aromatic N) is 1. The van der Waals surface area contributed by atoms with E-state index in [0.717, 1.165) is 10.1 Å². The number of rotatable bonds is 4. The lowest BCUT2D eigenvalue weighted by atomic mass is 9.97. The molecule has 1 aromatic carbocycles. The van der Waals surface area contributed by atoms with Crippen LogP contribution in [-0.4, -0.2) is 51.1 Å². The third-order valence-corrected chi connectivity index (χ3v) is 6.96. The summed E-state index contributed by atoms with van der Waals surface area (Å²) in [5, 5.41) is 3.67. The third-order valence-electron chi connectivity index (χ3n) is 4.51. The molecule has 1 saturated heterocycles. The number of benzene rings is 1. The highest BCUT2D eigenvalue weighted by Crippen LogP contribution is 2.36. The summed E-state index contributed by atoms with van der Waals surface area (Å²) in [6.45, 7) is 0.649. The number of carbonyl (C=O) groups excluding carboxylic acids is 2. The van der Waals surface area contributed by atoms with Crippen molar-refractivity contribution in [2.45, 2.75) is 12.8 Å². The number of methoxy groups -OCH3 is 1. The van der Waals surface area contributed by atoms with Crippen molar-refractivity contribution < 1.29 is 22.7 Å². The molecule has 0 radical (unpaired) electrons. The first-order valence-corrected chi connectivity index (χ1v) is 10.8. The zero-order valence-corrected chi connectivity index (χ0v) is 16.2. The first kappa shape index (κ1) is 18.8. The number of nitrogens with one attached hydrogen (secondary N) is 1. The maximum atomic E-state index is 12.7. The molecule has 2 aromatic rings. The van der Waals surface area contributed by atoms with E-state index < -0.39 is 16.0 Å². The van der Waals surface area contributed by atoms with E-state index in [1.54, 1.807) is 0 Å². The molecule has 140 valence electrons. The third kappa shape index (κ3) is 3.74. The molecule has 2 heterocycles. The van der Waals surface area contributed by atoms with Gasteiger partial charge in [-0.2, -0.15) is 0 Å². The minimum Gasteiger partial charge on any atom is -0.465 e. The van der Waals surface area contributed by atoms with Gasteiger partial charge >= 0.3 is 5.97 Å². The number of amides is 1. The zero-order valence-electron chi connectivity index (χ0n) is 14.5. The highest BCUT2D eigenvalue weighted by atomic mass is 32.2. The van der Waals surface area contributed by atoms with Crippen LogP contribution in [0.3, 0.4) is 0 Å². The van der Waals surface area contributed by atoms with Crippen molar-refractivity contribution in [3.63, 3.8) is 0 Å². The topological polar surface area (TPSA) is 92.8 Å². The fourth-order valence-electron chi connectivity index (χ4n) is 3.08. The predicted molar refractivity (Wildman–Crippen MR) is 101 cm³/mol. The van der Waals surface area contributed by atoms with Gasteiger partial charge in [0.25, 0.3) is 0 Å². The maximum absolute atomic E-state index is 12.7. The van der Waals surface area contributed by atoms with Gasteiger partial charge in [0.1, 0.15) is 4.88 Å². The summed E-state index contributed by atoms with van der Waals surface area (Å²) >= 11 is 1.27. The Balaban J connectivity index is 1.81. The van der Waals surface area contributed by atoms with Crippen LogP contribution in [0, 0.1) is 5.92 Å². The molecule has 0 bridgehead atoms. The van der Waals surface area contributed by atoms with Crippen molar-refractivity contribution >= 4 is 49.0 Å². The van der Waals surface area contributed by atoms with Crippen LogP contribution < -0.4 is 5.32 Å². The lowest BCUT2D eigenvalue weighted by Gasteiger charge is -2.29. The summed E-state index contributed by atoms with van der Waals surface area (Å²) in [6, 6.07) is 7.44. The Morgan fingerprint density at radius 2 is 1.88 bits per heavy atom. The molecular weight excluding hydrogens is 376 g/mol. The van der Waals surface area contributed by atoms with Crippen molar-refractivity contribution in [1.82, 2.24) is 4.31 Å². The number of hydrogen-bond acceptors (Lipinski definition) is 6. The van der Waals surface area contributed by atoms with Crippen LogP contribution in [0.15, 0.2) is 24.3 Å². The Morgan fingerprint density at radius 1 is 1.23 bits per heavy atom. The largest absolute Gasteiger partial charge is 0.465 e. The number of thiophene rings is 1. The maximum Gasteiger partial charge on any atom is 0.350 e. The number of piperidine rings is 1. The number of carbonyl (C=O) groups is 2. The van der Waals surface area contributed by atoms with E-state index in [-0.39, 0.29) is 11.8 Å². The van der Waals surface area contributed by atoms with Crippen LogP contribution in [0.5, 0.6) is 0 Å². The predicted octanol–water partition coefficient (Wildman–Crippen LogP) is 2.30. The van der Waals surface area contributed by atoms with Crippen LogP contribution in [-0.2, 0) is 19.6 Å². The minimum absolute atomic E-state index is 0.202. The van der Waals surface area contributed by atoms with Crippen molar-refractivity contribution in [2.75, 3.05) is 31.8 Å². The van der Waals surface area contributed by atoms with E-state index in [2.05, 4.69) is 5.32 Å². The average Bonchev–Trinajstić information content (AvgIpc) is 2.99. The molecule has 1 aliphatic rings. The summed E-state index contributed by atoms with van der Waals surface area (Å²) < 4.78 is 30.3. The second kappa shape index (κ2) is 7.34. The van der Waals surface area contributed by atoms with Gasteiger partial charge in [0.2, 0.25) is 15.9 Å². The molecule has 3 rings (SSSR count). The smallest absolute Gasteiger partial charge is 0.350 e. The number of anilines is 1. The summed E-state index contributed by atoms with van der Waals surface area (Å²) in [5.41, 5.74) is 0.466. The van der Waals surface area contributed by atoms with Crippen molar-refractivity contribution in [1.29, 1.82) is 0 Å². The van der Waals surface area contributed by atoms with Gasteiger partial charge in [-0.05, 0) is 18.9 Å². The van der Waals surface area contributed by atoms with E-state index >= 15 is 0 Å². The Kier molecular flexibility index (Phi) is 5.31. The summed E-state index contributed by atoms with van der Waals surface area (Å²) in [6.07, 6.45) is 2.08. The molecule has 0 aliphatic carbocycles. The van der Waals surface area contributed by atoms with Crippen LogP contribution in [0.1, 0.15) is 22.5 Å². The van der Waals surface area contributed by atoms with E-state index in [1.165, 1.54) is 29.0 Å². The normalized spacial score (nSPS) is 16.5. The van der Waals surface area contributed by atoms with Gasteiger partial charge in [0.15, 0.2) is 0 Å². The molecule has 1 fully saturated rings. The monoisotopic (exact) mass is 396 g/mol. The van der Waals surface area contributed by atoms with Gasteiger partial charge in [0.05, 0.1) is 19.1 Å². The van der Waals surface area contributed by atoms with Gasteiger partial charge < -0.3 is 10.1 Å². The number of sulfonamides is 1. The van der Waals surface area contributed by atoms with E-state index in [9.17, 15) is 18.0 Å². The molecule has 1 amide bonds. The average molecular weight is 396 g/mol. The van der Waals surface area contributed by atoms with E-state index in [1.807, 2.05) is 24.3 Å². The first-order valence-electron chi connectivity index (χ1n) is 8.17. The van der Waals surface area contributed by atoms with Crippen LogP contribution in [0.25, 0.3) is 10.1 Å². The molecule has 1 N–H and O–H groups in total. The first-order chi connectivity index (χ1) is 12.3. The van der Waals surface area contributed by atoms with Gasteiger partial charge in [-0.25, -0.2) is 17.5 Å². The number of ether oxygens (including phenoxy) is 1. The van der Waals surface area contributed by atoms with Crippen molar-refractivity contribution in [3.8, 4) is 0 Å². The molecule has 26 heavy (non-hydrogen) atoms. The quantitative estimate of drug-likeness (QED) is 0.801. The molecule has 1 aliphatic heterocycles. The molecule has 0 saturated carbocycles. The van der Waals surface area contributed by atoms with Gasteiger partial charge in [-0.3, -0.25) is 4.79 Å².